The van der Waals surface area contributed by atoms with E-state index in [0.29, 0.717) is 23.8 Å². The lowest BCUT2D eigenvalue weighted by Crippen LogP contribution is -2.29. The van der Waals surface area contributed by atoms with Crippen LogP contribution in [0.4, 0.5) is 13.2 Å². The SMILES string of the molecule is O=S1(=O)C=C[C@@H](NCc2ccc(-c3ccn(CCCC(F)(F)F)n3)o2)C1. The summed E-state index contributed by atoms with van der Waals surface area (Å²) in [6.45, 7) is 0.536. The number of nitrogens with one attached hydrogen (secondary N) is 1. The van der Waals surface area contributed by atoms with Gasteiger partial charge >= 0.3 is 6.18 Å². The Morgan fingerprint density at radius 1 is 1.31 bits per heavy atom. The number of alkyl halides is 3. The van der Waals surface area contributed by atoms with Crippen molar-refractivity contribution < 1.29 is 26.0 Å². The first-order chi connectivity index (χ1) is 12.2. The van der Waals surface area contributed by atoms with E-state index in [0.717, 1.165) is 0 Å². The average molecular weight is 389 g/mol. The van der Waals surface area contributed by atoms with Crippen LogP contribution in [0, 0.1) is 0 Å². The third kappa shape index (κ3) is 5.21. The van der Waals surface area contributed by atoms with Crippen LogP contribution >= 0.6 is 0 Å². The van der Waals surface area contributed by atoms with E-state index in [-0.39, 0.29) is 24.8 Å². The van der Waals surface area contributed by atoms with E-state index in [9.17, 15) is 21.6 Å². The van der Waals surface area contributed by atoms with Crippen molar-refractivity contribution >= 4 is 9.84 Å². The molecule has 26 heavy (non-hydrogen) atoms. The average Bonchev–Trinajstić information content (AvgIpc) is 3.23. The molecule has 1 aliphatic rings. The van der Waals surface area contributed by atoms with Gasteiger partial charge in [0, 0.05) is 30.6 Å². The zero-order valence-electron chi connectivity index (χ0n) is 13.7. The molecule has 0 aliphatic carbocycles. The van der Waals surface area contributed by atoms with E-state index in [1.54, 1.807) is 30.5 Å². The van der Waals surface area contributed by atoms with Crippen molar-refractivity contribution in [2.24, 2.45) is 0 Å². The molecular weight excluding hydrogens is 371 g/mol. The second-order valence-corrected chi connectivity index (χ2v) is 8.03. The van der Waals surface area contributed by atoms with Crippen molar-refractivity contribution in [2.75, 3.05) is 5.75 Å². The van der Waals surface area contributed by atoms with E-state index in [2.05, 4.69) is 10.4 Å². The van der Waals surface area contributed by atoms with Crippen LogP contribution in [0.5, 0.6) is 0 Å². The van der Waals surface area contributed by atoms with Gasteiger partial charge in [0.2, 0.25) is 0 Å². The number of aryl methyl sites for hydroxylation is 1. The lowest BCUT2D eigenvalue weighted by molar-refractivity contribution is -0.136. The summed E-state index contributed by atoms with van der Waals surface area (Å²) in [7, 11) is -3.11. The Morgan fingerprint density at radius 2 is 2.12 bits per heavy atom. The van der Waals surface area contributed by atoms with Crippen molar-refractivity contribution in [2.45, 2.75) is 38.1 Å². The number of aromatic nitrogens is 2. The van der Waals surface area contributed by atoms with Crippen LogP contribution in [0.15, 0.2) is 40.3 Å². The molecular formula is C16H18F3N3O3S. The lowest BCUT2D eigenvalue weighted by Gasteiger charge is -2.07. The third-order valence-corrected chi connectivity index (χ3v) is 5.27. The fraction of sp³-hybridized carbons (Fsp3) is 0.438. The summed E-state index contributed by atoms with van der Waals surface area (Å²) in [4.78, 5) is 0. The molecule has 0 saturated heterocycles. The molecule has 10 heteroatoms. The number of hydrogen-bond acceptors (Lipinski definition) is 5. The van der Waals surface area contributed by atoms with E-state index < -0.39 is 22.4 Å². The first kappa shape index (κ1) is 18.7. The summed E-state index contributed by atoms with van der Waals surface area (Å²) >= 11 is 0. The van der Waals surface area contributed by atoms with Crippen molar-refractivity contribution in [3.63, 3.8) is 0 Å². The summed E-state index contributed by atoms with van der Waals surface area (Å²) in [5.41, 5.74) is 0.534. The quantitative estimate of drug-likeness (QED) is 0.788. The van der Waals surface area contributed by atoms with Crippen molar-refractivity contribution in [1.29, 1.82) is 0 Å². The molecule has 0 saturated carbocycles. The van der Waals surface area contributed by atoms with Crippen LogP contribution < -0.4 is 5.32 Å². The van der Waals surface area contributed by atoms with Crippen molar-refractivity contribution in [3.05, 3.63) is 41.6 Å². The molecule has 1 atom stereocenters. The molecule has 0 aromatic carbocycles. The fourth-order valence-electron chi connectivity index (χ4n) is 2.60. The minimum Gasteiger partial charge on any atom is -0.458 e. The summed E-state index contributed by atoms with van der Waals surface area (Å²) in [6.07, 6.45) is -1.82. The second-order valence-electron chi connectivity index (χ2n) is 6.09. The zero-order valence-corrected chi connectivity index (χ0v) is 14.6. The predicted octanol–water partition coefficient (Wildman–Crippen LogP) is 2.89. The third-order valence-electron chi connectivity index (χ3n) is 3.87. The highest BCUT2D eigenvalue weighted by Gasteiger charge is 2.26. The minimum absolute atomic E-state index is 0.0307. The number of furan rings is 1. The molecule has 2 aromatic heterocycles. The van der Waals surface area contributed by atoms with Gasteiger partial charge in [-0.3, -0.25) is 4.68 Å². The standard InChI is InChI=1S/C16H18F3N3O3S/c17-16(18,19)6-1-7-22-8-4-14(21-22)15-3-2-13(25-15)10-20-12-5-9-26(23,24)11-12/h2-5,8-9,12,20H,1,6-7,10-11H2/t12-/m1/s1. The number of rotatable bonds is 7. The maximum Gasteiger partial charge on any atom is 0.389 e. The molecule has 1 aliphatic heterocycles. The lowest BCUT2D eigenvalue weighted by atomic mass is 10.3. The van der Waals surface area contributed by atoms with Gasteiger partial charge in [0.25, 0.3) is 0 Å². The topological polar surface area (TPSA) is 77.1 Å². The van der Waals surface area contributed by atoms with Gasteiger partial charge in [-0.2, -0.15) is 18.3 Å². The Balaban J connectivity index is 1.52. The molecule has 3 rings (SSSR count). The fourth-order valence-corrected chi connectivity index (χ4v) is 3.87. The van der Waals surface area contributed by atoms with Crippen LogP contribution in [0.3, 0.4) is 0 Å². The highest BCUT2D eigenvalue weighted by molar-refractivity contribution is 7.94. The van der Waals surface area contributed by atoms with Gasteiger partial charge in [0.05, 0.1) is 12.3 Å². The molecule has 3 heterocycles. The summed E-state index contributed by atoms with van der Waals surface area (Å²) in [6, 6.07) is 4.90. The molecule has 142 valence electrons. The summed E-state index contributed by atoms with van der Waals surface area (Å²) < 4.78 is 66.3. The highest BCUT2D eigenvalue weighted by atomic mass is 32.2. The normalized spacial score (nSPS) is 19.3. The summed E-state index contributed by atoms with van der Waals surface area (Å²) in [5.74, 6) is 1.15. The molecule has 0 bridgehead atoms. The van der Waals surface area contributed by atoms with Crippen LogP contribution in [-0.2, 0) is 22.9 Å². The van der Waals surface area contributed by atoms with Gasteiger partial charge in [-0.05, 0) is 24.6 Å². The van der Waals surface area contributed by atoms with Gasteiger partial charge in [-0.25, -0.2) is 8.42 Å². The van der Waals surface area contributed by atoms with Crippen LogP contribution in [-0.4, -0.2) is 36.2 Å². The smallest absolute Gasteiger partial charge is 0.389 e. The second kappa shape index (κ2) is 7.28. The zero-order chi connectivity index (χ0) is 18.8. The monoisotopic (exact) mass is 389 g/mol. The molecule has 6 nitrogen and oxygen atoms in total. The maximum absolute atomic E-state index is 12.2. The van der Waals surface area contributed by atoms with Gasteiger partial charge < -0.3 is 9.73 Å². The van der Waals surface area contributed by atoms with E-state index in [1.807, 2.05) is 0 Å². The number of halogens is 3. The van der Waals surface area contributed by atoms with Gasteiger partial charge in [0.1, 0.15) is 11.5 Å². The minimum atomic E-state index is -4.16. The molecule has 0 unspecified atom stereocenters. The van der Waals surface area contributed by atoms with Crippen molar-refractivity contribution in [3.8, 4) is 11.5 Å². The number of hydrogen-bond donors (Lipinski definition) is 1. The van der Waals surface area contributed by atoms with E-state index >= 15 is 0 Å². The van der Waals surface area contributed by atoms with Crippen LogP contribution in [0.1, 0.15) is 18.6 Å². The Kier molecular flexibility index (Phi) is 5.24. The van der Waals surface area contributed by atoms with Gasteiger partial charge in [-0.1, -0.05) is 6.08 Å². The molecule has 1 N–H and O–H groups in total. The van der Waals surface area contributed by atoms with E-state index in [1.165, 1.54) is 10.1 Å². The Labute approximate surface area is 148 Å². The first-order valence-corrected chi connectivity index (χ1v) is 9.75. The Hall–Kier alpha value is -2.07. The number of nitrogens with zero attached hydrogens (tertiary/aromatic N) is 2. The largest absolute Gasteiger partial charge is 0.458 e. The first-order valence-electron chi connectivity index (χ1n) is 8.04. The molecule has 2 aromatic rings. The van der Waals surface area contributed by atoms with Gasteiger partial charge in [0.15, 0.2) is 15.6 Å². The molecule has 0 spiro atoms. The predicted molar refractivity (Wildman–Crippen MR) is 88.8 cm³/mol. The Bertz CT molecular complexity index is 884. The van der Waals surface area contributed by atoms with Crippen LogP contribution in [0.25, 0.3) is 11.5 Å². The van der Waals surface area contributed by atoms with Gasteiger partial charge in [-0.15, -0.1) is 0 Å². The Morgan fingerprint density at radius 3 is 2.81 bits per heavy atom. The molecule has 0 amide bonds. The molecule has 0 fully saturated rings. The summed E-state index contributed by atoms with van der Waals surface area (Å²) in [5, 5.41) is 8.49. The highest BCUT2D eigenvalue weighted by Crippen LogP contribution is 2.23. The van der Waals surface area contributed by atoms with E-state index in [4.69, 9.17) is 4.42 Å². The molecule has 0 radical (unpaired) electrons. The van der Waals surface area contributed by atoms with Crippen molar-refractivity contribution in [1.82, 2.24) is 15.1 Å². The number of sulfone groups is 1. The van der Waals surface area contributed by atoms with Crippen LogP contribution in [0.2, 0.25) is 0 Å². The maximum atomic E-state index is 12.2.